The number of anilines is 1. The van der Waals surface area contributed by atoms with Crippen LogP contribution in [0.3, 0.4) is 0 Å². The molecule has 0 aliphatic heterocycles. The van der Waals surface area contributed by atoms with Gasteiger partial charge in [-0.05, 0) is 12.1 Å². The molecule has 1 aromatic rings. The summed E-state index contributed by atoms with van der Waals surface area (Å²) in [5.41, 5.74) is 10.2. The molecule has 0 heterocycles. The highest BCUT2D eigenvalue weighted by Gasteiger charge is 1.96. The lowest BCUT2D eigenvalue weighted by molar-refractivity contribution is 0.250. The minimum atomic E-state index is -0.657. The summed E-state index contributed by atoms with van der Waals surface area (Å²) in [4.78, 5) is 10.3. The van der Waals surface area contributed by atoms with E-state index in [1.54, 1.807) is 24.3 Å². The number of halogens is 1. The van der Waals surface area contributed by atoms with Gasteiger partial charge >= 0.3 is 6.03 Å². The summed E-state index contributed by atoms with van der Waals surface area (Å²) in [6, 6.07) is 6.34. The summed E-state index contributed by atoms with van der Waals surface area (Å²) in [5.74, 6) is 0. The van der Waals surface area contributed by atoms with E-state index in [1.807, 2.05) is 0 Å². The quantitative estimate of drug-likeness (QED) is 0.609. The van der Waals surface area contributed by atoms with Gasteiger partial charge in [0.2, 0.25) is 0 Å². The van der Waals surface area contributed by atoms with Crippen molar-refractivity contribution >= 4 is 23.3 Å². The summed E-state index contributed by atoms with van der Waals surface area (Å²) in [5, 5.41) is 0.520. The number of carbonyl (C=O) groups excluding carboxylic acids is 1. The van der Waals surface area contributed by atoms with Crippen molar-refractivity contribution in [3.05, 3.63) is 29.3 Å². The summed E-state index contributed by atoms with van der Waals surface area (Å²) in [6.07, 6.45) is 0. The normalized spacial score (nSPS) is 9.08. The van der Waals surface area contributed by atoms with Gasteiger partial charge in [0.05, 0.1) is 10.7 Å². The molecule has 0 saturated heterocycles. The van der Waals surface area contributed by atoms with Crippen molar-refractivity contribution in [2.75, 3.05) is 5.43 Å². The lowest BCUT2D eigenvalue weighted by Gasteiger charge is -2.06. The molecular weight excluding hydrogens is 178 g/mol. The molecule has 0 aliphatic carbocycles. The number of benzene rings is 1. The minimum absolute atomic E-state index is 0.520. The van der Waals surface area contributed by atoms with Crippen LogP contribution in [0.5, 0.6) is 0 Å². The first-order valence-electron chi connectivity index (χ1n) is 3.26. The fraction of sp³-hybridized carbons (Fsp3) is 0. The van der Waals surface area contributed by atoms with Gasteiger partial charge in [-0.2, -0.15) is 0 Å². The molecule has 1 aromatic carbocycles. The molecule has 4 nitrogen and oxygen atoms in total. The first-order valence-corrected chi connectivity index (χ1v) is 3.64. The van der Waals surface area contributed by atoms with Crippen molar-refractivity contribution < 1.29 is 4.79 Å². The molecule has 0 aromatic heterocycles. The lowest BCUT2D eigenvalue weighted by Crippen LogP contribution is -2.34. The monoisotopic (exact) mass is 185 g/mol. The minimum Gasteiger partial charge on any atom is -0.350 e. The number of hydrogen-bond donors (Lipinski definition) is 3. The molecule has 1 rings (SSSR count). The van der Waals surface area contributed by atoms with Crippen LogP contribution in [0, 0.1) is 0 Å². The number of carbonyl (C=O) groups is 1. The van der Waals surface area contributed by atoms with Crippen LogP contribution in [-0.2, 0) is 0 Å². The van der Waals surface area contributed by atoms with Gasteiger partial charge in [-0.15, -0.1) is 0 Å². The van der Waals surface area contributed by atoms with Gasteiger partial charge in [0, 0.05) is 0 Å². The third-order valence-electron chi connectivity index (χ3n) is 1.19. The maximum Gasteiger partial charge on any atom is 0.330 e. The molecule has 0 spiro atoms. The Kier molecular flexibility index (Phi) is 2.76. The summed E-state index contributed by atoms with van der Waals surface area (Å²) < 4.78 is 0. The Bertz CT molecular complexity index is 290. The van der Waals surface area contributed by atoms with E-state index < -0.39 is 6.03 Å². The molecule has 2 amide bonds. The largest absolute Gasteiger partial charge is 0.350 e. The van der Waals surface area contributed by atoms with Gasteiger partial charge in [0.25, 0.3) is 0 Å². The molecule has 64 valence electrons. The van der Waals surface area contributed by atoms with Crippen molar-refractivity contribution in [2.24, 2.45) is 5.73 Å². The van der Waals surface area contributed by atoms with Crippen LogP contribution >= 0.6 is 11.6 Å². The number of para-hydroxylation sites is 1. The average Bonchev–Trinajstić information content (AvgIpc) is 2.03. The highest BCUT2D eigenvalue weighted by atomic mass is 35.5. The van der Waals surface area contributed by atoms with Crippen LogP contribution in [0.4, 0.5) is 10.5 Å². The molecular formula is C7H8ClN3O. The number of hydrazine groups is 1. The van der Waals surface area contributed by atoms with E-state index in [9.17, 15) is 4.79 Å². The van der Waals surface area contributed by atoms with Crippen molar-refractivity contribution in [3.8, 4) is 0 Å². The second-order valence-corrected chi connectivity index (χ2v) is 2.50. The zero-order chi connectivity index (χ0) is 8.97. The van der Waals surface area contributed by atoms with E-state index in [-0.39, 0.29) is 0 Å². The van der Waals surface area contributed by atoms with E-state index in [0.29, 0.717) is 10.7 Å². The Labute approximate surface area is 74.7 Å². The van der Waals surface area contributed by atoms with E-state index in [0.717, 1.165) is 0 Å². The van der Waals surface area contributed by atoms with Gasteiger partial charge in [-0.3, -0.25) is 10.9 Å². The van der Waals surface area contributed by atoms with E-state index >= 15 is 0 Å². The first-order chi connectivity index (χ1) is 5.70. The van der Waals surface area contributed by atoms with Crippen LogP contribution in [-0.4, -0.2) is 6.03 Å². The number of nitrogens with one attached hydrogen (secondary N) is 2. The molecule has 0 radical (unpaired) electrons. The van der Waals surface area contributed by atoms with Crippen molar-refractivity contribution in [3.63, 3.8) is 0 Å². The van der Waals surface area contributed by atoms with Gasteiger partial charge < -0.3 is 5.73 Å². The van der Waals surface area contributed by atoms with Crippen LogP contribution < -0.4 is 16.6 Å². The van der Waals surface area contributed by atoms with Gasteiger partial charge in [0.1, 0.15) is 0 Å². The Morgan fingerprint density at radius 3 is 2.67 bits per heavy atom. The van der Waals surface area contributed by atoms with Crippen LogP contribution in [0.2, 0.25) is 5.02 Å². The molecule has 0 aliphatic rings. The molecule has 4 N–H and O–H groups in total. The number of rotatable bonds is 2. The van der Waals surface area contributed by atoms with Crippen molar-refractivity contribution in [2.45, 2.75) is 0 Å². The van der Waals surface area contributed by atoms with E-state index in [4.69, 9.17) is 17.3 Å². The van der Waals surface area contributed by atoms with Crippen LogP contribution in [0.1, 0.15) is 0 Å². The molecule has 0 fully saturated rings. The third-order valence-corrected chi connectivity index (χ3v) is 1.52. The smallest absolute Gasteiger partial charge is 0.330 e. The Morgan fingerprint density at radius 2 is 2.08 bits per heavy atom. The van der Waals surface area contributed by atoms with E-state index in [1.165, 1.54) is 0 Å². The van der Waals surface area contributed by atoms with Crippen LogP contribution in [0.15, 0.2) is 24.3 Å². The zero-order valence-electron chi connectivity index (χ0n) is 6.17. The summed E-state index contributed by atoms with van der Waals surface area (Å²) in [7, 11) is 0. The van der Waals surface area contributed by atoms with Gasteiger partial charge in [-0.25, -0.2) is 4.79 Å². The average molecular weight is 186 g/mol. The predicted molar refractivity (Wildman–Crippen MR) is 47.8 cm³/mol. The highest BCUT2D eigenvalue weighted by molar-refractivity contribution is 6.33. The van der Waals surface area contributed by atoms with E-state index in [2.05, 4.69) is 10.9 Å². The topological polar surface area (TPSA) is 67.2 Å². The lowest BCUT2D eigenvalue weighted by atomic mass is 10.3. The SMILES string of the molecule is NC(=O)NNc1ccccc1Cl. The number of nitrogens with two attached hydrogens (primary N) is 1. The van der Waals surface area contributed by atoms with Gasteiger partial charge in [0.15, 0.2) is 0 Å². The first kappa shape index (κ1) is 8.67. The Hall–Kier alpha value is -1.42. The summed E-state index contributed by atoms with van der Waals surface area (Å²) in [6.45, 7) is 0. The van der Waals surface area contributed by atoms with Crippen molar-refractivity contribution in [1.82, 2.24) is 5.43 Å². The predicted octanol–water partition coefficient (Wildman–Crippen LogP) is 1.34. The Morgan fingerprint density at radius 1 is 1.42 bits per heavy atom. The second-order valence-electron chi connectivity index (χ2n) is 2.09. The molecule has 0 atom stereocenters. The number of amides is 2. The van der Waals surface area contributed by atoms with Crippen LogP contribution in [0.25, 0.3) is 0 Å². The molecule has 0 unspecified atom stereocenters. The molecule has 12 heavy (non-hydrogen) atoms. The zero-order valence-corrected chi connectivity index (χ0v) is 6.93. The second kappa shape index (κ2) is 3.82. The fourth-order valence-corrected chi connectivity index (χ4v) is 0.874. The number of urea groups is 1. The third kappa shape index (κ3) is 2.32. The molecule has 0 saturated carbocycles. The molecule has 5 heteroatoms. The maximum atomic E-state index is 10.3. The van der Waals surface area contributed by atoms with Gasteiger partial charge in [-0.1, -0.05) is 23.7 Å². The standard InChI is InChI=1S/C7H8ClN3O/c8-5-3-1-2-4-6(5)10-11-7(9)12/h1-4,10H,(H3,9,11,12). The summed E-state index contributed by atoms with van der Waals surface area (Å²) >= 11 is 5.75. The molecule has 0 bridgehead atoms. The maximum absolute atomic E-state index is 10.3. The number of hydrogen-bond acceptors (Lipinski definition) is 2. The Balaban J connectivity index is 2.63. The number of primary amides is 1. The fourth-order valence-electron chi connectivity index (χ4n) is 0.692. The van der Waals surface area contributed by atoms with Crippen molar-refractivity contribution in [1.29, 1.82) is 0 Å². The highest BCUT2D eigenvalue weighted by Crippen LogP contribution is 2.18.